The first-order valence-electron chi connectivity index (χ1n) is 6.58. The molecule has 1 N–H and O–H groups in total. The summed E-state index contributed by atoms with van der Waals surface area (Å²) in [7, 11) is -3.01. The Morgan fingerprint density at radius 2 is 2.05 bits per heavy atom. The number of benzene rings is 1. The van der Waals surface area contributed by atoms with Crippen LogP contribution in [-0.2, 0) is 14.6 Å². The molecule has 1 atom stereocenters. The summed E-state index contributed by atoms with van der Waals surface area (Å²) in [5, 5.41) is 2.80. The normalized spacial score (nSPS) is 24.2. The lowest BCUT2D eigenvalue weighted by Gasteiger charge is -2.23. The van der Waals surface area contributed by atoms with Gasteiger partial charge in [0, 0.05) is 0 Å². The number of hydrogen-bond donors (Lipinski definition) is 1. The van der Waals surface area contributed by atoms with Crippen molar-refractivity contribution >= 4 is 15.7 Å². The van der Waals surface area contributed by atoms with Crippen molar-refractivity contribution in [1.29, 1.82) is 0 Å². The van der Waals surface area contributed by atoms with Crippen LogP contribution in [0, 0.1) is 0 Å². The molecule has 1 heterocycles. The zero-order valence-corrected chi connectivity index (χ0v) is 12.3. The third-order valence-corrected chi connectivity index (χ3v) is 5.19. The number of ether oxygens (including phenoxy) is 1. The molecule has 1 saturated heterocycles. The van der Waals surface area contributed by atoms with Gasteiger partial charge in [0.2, 0.25) is 5.91 Å². The standard InChI is InChI=1S/C14H19NO4S/c1-14(8-10-20(17,18)11-14)15-13(16)7-9-19-12-5-3-2-4-6-12/h2-6H,7-11H2,1H3,(H,15,16)/t14-/m1/s1. The van der Waals surface area contributed by atoms with E-state index in [-0.39, 0.29) is 30.4 Å². The smallest absolute Gasteiger partial charge is 0.223 e. The van der Waals surface area contributed by atoms with Crippen LogP contribution in [0.5, 0.6) is 5.75 Å². The molecule has 1 aliphatic rings. The van der Waals surface area contributed by atoms with E-state index >= 15 is 0 Å². The average Bonchev–Trinajstić information content (AvgIpc) is 2.64. The Morgan fingerprint density at radius 1 is 1.35 bits per heavy atom. The molecule has 110 valence electrons. The average molecular weight is 297 g/mol. The fraction of sp³-hybridized carbons (Fsp3) is 0.500. The second-order valence-corrected chi connectivity index (χ2v) is 7.55. The second kappa shape index (κ2) is 5.83. The van der Waals surface area contributed by atoms with Crippen LogP contribution in [0.3, 0.4) is 0 Å². The molecule has 0 spiro atoms. The van der Waals surface area contributed by atoms with Gasteiger partial charge in [-0.3, -0.25) is 4.79 Å². The molecule has 1 aromatic carbocycles. The van der Waals surface area contributed by atoms with E-state index < -0.39 is 15.4 Å². The Morgan fingerprint density at radius 3 is 2.65 bits per heavy atom. The molecule has 0 saturated carbocycles. The quantitative estimate of drug-likeness (QED) is 0.885. The van der Waals surface area contributed by atoms with Crippen molar-refractivity contribution in [3.63, 3.8) is 0 Å². The number of carbonyl (C=O) groups is 1. The summed E-state index contributed by atoms with van der Waals surface area (Å²) in [6.07, 6.45) is 0.686. The van der Waals surface area contributed by atoms with Gasteiger partial charge in [0.05, 0.1) is 30.1 Å². The molecule has 20 heavy (non-hydrogen) atoms. The molecule has 5 nitrogen and oxygen atoms in total. The Kier molecular flexibility index (Phi) is 4.32. The number of amides is 1. The molecular formula is C14H19NO4S. The van der Waals surface area contributed by atoms with E-state index in [1.165, 1.54) is 0 Å². The van der Waals surface area contributed by atoms with Crippen LogP contribution in [0.2, 0.25) is 0 Å². The molecule has 0 bridgehead atoms. The molecule has 0 radical (unpaired) electrons. The SMILES string of the molecule is C[C@@]1(NC(=O)CCOc2ccccc2)CCS(=O)(=O)C1. The zero-order chi connectivity index (χ0) is 14.6. The predicted octanol–water partition coefficient (Wildman–Crippen LogP) is 1.15. The van der Waals surface area contributed by atoms with Crippen molar-refractivity contribution in [2.24, 2.45) is 0 Å². The Labute approximate surface area is 119 Å². The minimum atomic E-state index is -3.01. The van der Waals surface area contributed by atoms with Crippen LogP contribution in [-0.4, -0.2) is 38.0 Å². The van der Waals surface area contributed by atoms with Gasteiger partial charge in [-0.1, -0.05) is 18.2 Å². The first-order chi connectivity index (χ1) is 9.39. The van der Waals surface area contributed by atoms with Gasteiger partial charge in [0.25, 0.3) is 0 Å². The minimum Gasteiger partial charge on any atom is -0.493 e. The fourth-order valence-electron chi connectivity index (χ4n) is 2.29. The van der Waals surface area contributed by atoms with Crippen molar-refractivity contribution in [3.8, 4) is 5.75 Å². The molecule has 1 aromatic rings. The van der Waals surface area contributed by atoms with Crippen molar-refractivity contribution < 1.29 is 17.9 Å². The first kappa shape index (κ1) is 14.8. The maximum absolute atomic E-state index is 11.8. The monoisotopic (exact) mass is 297 g/mol. The van der Waals surface area contributed by atoms with E-state index in [9.17, 15) is 13.2 Å². The van der Waals surface area contributed by atoms with Crippen molar-refractivity contribution in [2.75, 3.05) is 18.1 Å². The largest absolute Gasteiger partial charge is 0.493 e. The third kappa shape index (κ3) is 4.23. The van der Waals surface area contributed by atoms with Crippen LogP contribution in [0.15, 0.2) is 30.3 Å². The van der Waals surface area contributed by atoms with E-state index in [4.69, 9.17) is 4.74 Å². The summed E-state index contributed by atoms with van der Waals surface area (Å²) in [6, 6.07) is 9.26. The summed E-state index contributed by atoms with van der Waals surface area (Å²) in [6.45, 7) is 2.05. The summed E-state index contributed by atoms with van der Waals surface area (Å²) >= 11 is 0. The molecule has 0 aromatic heterocycles. The lowest BCUT2D eigenvalue weighted by Crippen LogP contribution is -2.47. The zero-order valence-electron chi connectivity index (χ0n) is 11.5. The maximum atomic E-state index is 11.8. The minimum absolute atomic E-state index is 0.0191. The van der Waals surface area contributed by atoms with Crippen molar-refractivity contribution in [3.05, 3.63) is 30.3 Å². The highest BCUT2D eigenvalue weighted by Crippen LogP contribution is 2.22. The molecule has 2 rings (SSSR count). The maximum Gasteiger partial charge on any atom is 0.223 e. The lowest BCUT2D eigenvalue weighted by molar-refractivity contribution is -0.123. The third-order valence-electron chi connectivity index (χ3n) is 3.29. The highest BCUT2D eigenvalue weighted by molar-refractivity contribution is 7.91. The molecule has 1 fully saturated rings. The summed E-state index contributed by atoms with van der Waals surface area (Å²) < 4.78 is 28.3. The van der Waals surface area contributed by atoms with Crippen molar-refractivity contribution in [1.82, 2.24) is 5.32 Å². The summed E-state index contributed by atoms with van der Waals surface area (Å²) in [4.78, 5) is 11.8. The van der Waals surface area contributed by atoms with Gasteiger partial charge < -0.3 is 10.1 Å². The number of para-hydroxylation sites is 1. The van der Waals surface area contributed by atoms with Crippen LogP contribution < -0.4 is 10.1 Å². The van der Waals surface area contributed by atoms with E-state index in [2.05, 4.69) is 5.32 Å². The predicted molar refractivity (Wildman–Crippen MR) is 76.4 cm³/mol. The number of carbonyl (C=O) groups excluding carboxylic acids is 1. The van der Waals surface area contributed by atoms with Crippen LogP contribution in [0.4, 0.5) is 0 Å². The number of sulfone groups is 1. The van der Waals surface area contributed by atoms with Crippen LogP contribution >= 0.6 is 0 Å². The van der Waals surface area contributed by atoms with Gasteiger partial charge in [-0.05, 0) is 25.5 Å². The van der Waals surface area contributed by atoms with E-state index in [1.807, 2.05) is 30.3 Å². The van der Waals surface area contributed by atoms with Gasteiger partial charge in [-0.25, -0.2) is 8.42 Å². The highest BCUT2D eigenvalue weighted by Gasteiger charge is 2.39. The molecule has 1 amide bonds. The number of nitrogens with one attached hydrogen (secondary N) is 1. The topological polar surface area (TPSA) is 72.5 Å². The van der Waals surface area contributed by atoms with E-state index in [1.54, 1.807) is 6.92 Å². The van der Waals surface area contributed by atoms with Gasteiger partial charge in [-0.2, -0.15) is 0 Å². The van der Waals surface area contributed by atoms with Crippen LogP contribution in [0.1, 0.15) is 19.8 Å². The Hall–Kier alpha value is -1.56. The molecule has 0 unspecified atom stereocenters. The number of rotatable bonds is 5. The fourth-order valence-corrected chi connectivity index (χ4v) is 4.38. The van der Waals surface area contributed by atoms with Gasteiger partial charge in [0.1, 0.15) is 5.75 Å². The van der Waals surface area contributed by atoms with Crippen molar-refractivity contribution in [2.45, 2.75) is 25.3 Å². The van der Waals surface area contributed by atoms with E-state index in [0.717, 1.165) is 5.75 Å². The van der Waals surface area contributed by atoms with E-state index in [0.29, 0.717) is 6.42 Å². The van der Waals surface area contributed by atoms with Gasteiger partial charge in [0.15, 0.2) is 9.84 Å². The lowest BCUT2D eigenvalue weighted by atomic mass is 10.0. The van der Waals surface area contributed by atoms with Gasteiger partial charge in [-0.15, -0.1) is 0 Å². The second-order valence-electron chi connectivity index (χ2n) is 5.36. The Balaban J connectivity index is 1.76. The number of hydrogen-bond acceptors (Lipinski definition) is 4. The summed E-state index contributed by atoms with van der Waals surface area (Å²) in [5.74, 6) is 0.700. The van der Waals surface area contributed by atoms with Gasteiger partial charge >= 0.3 is 0 Å². The first-order valence-corrected chi connectivity index (χ1v) is 8.40. The summed E-state index contributed by atoms with van der Waals surface area (Å²) in [5.41, 5.74) is -0.636. The highest BCUT2D eigenvalue weighted by atomic mass is 32.2. The molecule has 0 aliphatic carbocycles. The van der Waals surface area contributed by atoms with Crippen LogP contribution in [0.25, 0.3) is 0 Å². The molecule has 6 heteroatoms. The molecule has 1 aliphatic heterocycles. The Bertz CT molecular complexity index is 570. The molecular weight excluding hydrogens is 278 g/mol.